The van der Waals surface area contributed by atoms with Gasteiger partial charge in [-0.15, -0.1) is 0 Å². The highest BCUT2D eigenvalue weighted by Crippen LogP contribution is 2.28. The minimum absolute atomic E-state index is 0.379. The average molecular weight is 372 g/mol. The number of hydrogen-bond donors (Lipinski definition) is 0. The van der Waals surface area contributed by atoms with Gasteiger partial charge in [-0.25, -0.2) is 8.42 Å². The molecule has 2 aromatic rings. The smallest absolute Gasteiger partial charge is 0.207 e. The van der Waals surface area contributed by atoms with Gasteiger partial charge in [-0.05, 0) is 53.6 Å². The molecule has 138 valence electrons. The molecule has 0 unspecified atom stereocenters. The van der Waals surface area contributed by atoms with Gasteiger partial charge in [0.05, 0.1) is 4.90 Å². The number of fused-ring (bicyclic) bond motifs is 1. The fourth-order valence-corrected chi connectivity index (χ4v) is 5.08. The summed E-state index contributed by atoms with van der Waals surface area (Å²) in [5.74, 6) is 0.559. The average Bonchev–Trinajstić information content (AvgIpc) is 2.68. The van der Waals surface area contributed by atoms with Crippen molar-refractivity contribution in [3.05, 3.63) is 52.9 Å². The van der Waals surface area contributed by atoms with Crippen molar-refractivity contribution in [2.24, 2.45) is 11.0 Å². The zero-order chi connectivity index (χ0) is 18.4. The van der Waals surface area contributed by atoms with Crippen molar-refractivity contribution < 1.29 is 8.42 Å². The lowest BCUT2D eigenvalue weighted by Crippen LogP contribution is -2.38. The van der Waals surface area contributed by atoms with Crippen molar-refractivity contribution in [2.75, 3.05) is 19.6 Å². The van der Waals surface area contributed by atoms with Crippen LogP contribution in [0, 0.1) is 5.92 Å². The zero-order valence-electron chi connectivity index (χ0n) is 14.8. The number of hydrogen-bond acceptors (Lipinski definition) is 3. The van der Waals surface area contributed by atoms with Crippen molar-refractivity contribution in [3.8, 4) is 0 Å². The minimum Gasteiger partial charge on any atom is -0.207 e. The van der Waals surface area contributed by atoms with E-state index in [1.54, 1.807) is 16.4 Å². The van der Waals surface area contributed by atoms with Crippen LogP contribution in [0.5, 0.6) is 0 Å². The van der Waals surface area contributed by atoms with Crippen molar-refractivity contribution in [3.63, 3.8) is 0 Å². The van der Waals surface area contributed by atoms with E-state index in [0.717, 1.165) is 42.9 Å². The Morgan fingerprint density at radius 3 is 2.54 bits per heavy atom. The Balaban J connectivity index is 1.59. The van der Waals surface area contributed by atoms with Gasteiger partial charge >= 0.3 is 0 Å². The quantitative estimate of drug-likeness (QED) is 0.305. The number of rotatable bonds is 7. The molecule has 1 aliphatic rings. The van der Waals surface area contributed by atoms with Gasteiger partial charge < -0.3 is 0 Å². The zero-order valence-corrected chi connectivity index (χ0v) is 15.6. The van der Waals surface area contributed by atoms with Crippen LogP contribution in [-0.4, -0.2) is 32.4 Å². The Morgan fingerprint density at radius 1 is 1.08 bits per heavy atom. The molecule has 7 heteroatoms. The maximum atomic E-state index is 12.9. The molecule has 3 rings (SSSR count). The molecule has 0 aliphatic carbocycles. The van der Waals surface area contributed by atoms with E-state index in [-0.39, 0.29) is 0 Å². The Bertz CT molecular complexity index is 899. The summed E-state index contributed by atoms with van der Waals surface area (Å²) in [5, 5.41) is 5.54. The third-order valence-electron chi connectivity index (χ3n) is 5.12. The van der Waals surface area contributed by atoms with Gasteiger partial charge in [0, 0.05) is 24.5 Å². The van der Waals surface area contributed by atoms with E-state index in [4.69, 9.17) is 5.53 Å². The number of benzene rings is 2. The Hall–Kier alpha value is -2.08. The second-order valence-electron chi connectivity index (χ2n) is 6.81. The number of azide groups is 1. The van der Waals surface area contributed by atoms with Crippen molar-refractivity contribution >= 4 is 20.8 Å². The third kappa shape index (κ3) is 4.36. The first-order valence-electron chi connectivity index (χ1n) is 9.11. The highest BCUT2D eigenvalue weighted by Gasteiger charge is 2.29. The summed E-state index contributed by atoms with van der Waals surface area (Å²) < 4.78 is 27.5. The molecule has 0 atom stereocenters. The van der Waals surface area contributed by atoms with E-state index >= 15 is 0 Å². The summed E-state index contributed by atoms with van der Waals surface area (Å²) in [7, 11) is -3.43. The van der Waals surface area contributed by atoms with Crippen LogP contribution < -0.4 is 0 Å². The highest BCUT2D eigenvalue weighted by molar-refractivity contribution is 7.89. The molecule has 0 saturated carbocycles. The van der Waals surface area contributed by atoms with Gasteiger partial charge in [0.1, 0.15) is 0 Å². The molecule has 0 aromatic heterocycles. The summed E-state index contributed by atoms with van der Waals surface area (Å²) >= 11 is 0. The lowest BCUT2D eigenvalue weighted by atomic mass is 9.92. The van der Waals surface area contributed by atoms with E-state index in [1.807, 2.05) is 30.3 Å². The summed E-state index contributed by atoms with van der Waals surface area (Å²) in [5.41, 5.74) is 8.27. The lowest BCUT2D eigenvalue weighted by Gasteiger charge is -2.31. The molecule has 2 aromatic carbocycles. The van der Waals surface area contributed by atoms with E-state index in [2.05, 4.69) is 10.0 Å². The maximum Gasteiger partial charge on any atom is 0.243 e. The van der Waals surface area contributed by atoms with Crippen LogP contribution in [0.1, 0.15) is 32.1 Å². The van der Waals surface area contributed by atoms with Crippen LogP contribution in [0.4, 0.5) is 0 Å². The summed E-state index contributed by atoms with van der Waals surface area (Å²) in [4.78, 5) is 3.14. The molecule has 6 nitrogen and oxygen atoms in total. The van der Waals surface area contributed by atoms with Crippen molar-refractivity contribution in [1.29, 1.82) is 0 Å². The van der Waals surface area contributed by atoms with Crippen LogP contribution in [0.25, 0.3) is 21.2 Å². The fourth-order valence-electron chi connectivity index (χ4n) is 3.58. The normalized spacial score (nSPS) is 16.5. The first kappa shape index (κ1) is 18.7. The number of nitrogens with zero attached hydrogens (tertiary/aromatic N) is 4. The van der Waals surface area contributed by atoms with Gasteiger partial charge in [0.15, 0.2) is 0 Å². The molecular weight excluding hydrogens is 348 g/mol. The van der Waals surface area contributed by atoms with Crippen LogP contribution in [-0.2, 0) is 10.0 Å². The number of unbranched alkanes of at least 4 members (excludes halogenated alkanes) is 1. The van der Waals surface area contributed by atoms with Gasteiger partial charge in [-0.1, -0.05) is 48.3 Å². The van der Waals surface area contributed by atoms with E-state index < -0.39 is 10.0 Å². The lowest BCUT2D eigenvalue weighted by molar-refractivity contribution is 0.259. The predicted octanol–water partition coefficient (Wildman–Crippen LogP) is 4.72. The molecule has 0 amide bonds. The molecule has 0 radical (unpaired) electrons. The standard InChI is InChI=1S/C19H24N4O2S/c20-22-21-12-4-3-5-16-10-13-23(14-11-16)26(24,25)19-9-8-17-6-1-2-7-18(17)15-19/h1-2,6-9,15-16H,3-5,10-14H2. The van der Waals surface area contributed by atoms with E-state index in [0.29, 0.717) is 30.4 Å². The van der Waals surface area contributed by atoms with Crippen LogP contribution >= 0.6 is 0 Å². The second-order valence-corrected chi connectivity index (χ2v) is 8.74. The van der Waals surface area contributed by atoms with Gasteiger partial charge in [-0.2, -0.15) is 4.31 Å². The monoisotopic (exact) mass is 372 g/mol. The van der Waals surface area contributed by atoms with Crippen LogP contribution in [0.2, 0.25) is 0 Å². The van der Waals surface area contributed by atoms with E-state index in [9.17, 15) is 8.42 Å². The first-order chi connectivity index (χ1) is 12.6. The summed E-state index contributed by atoms with van der Waals surface area (Å²) in [6, 6.07) is 13.2. The van der Waals surface area contributed by atoms with Gasteiger partial charge in [0.2, 0.25) is 10.0 Å². The van der Waals surface area contributed by atoms with Crippen LogP contribution in [0.3, 0.4) is 0 Å². The van der Waals surface area contributed by atoms with Crippen molar-refractivity contribution in [1.82, 2.24) is 4.31 Å². The molecule has 0 N–H and O–H groups in total. The maximum absolute atomic E-state index is 12.9. The molecule has 1 fully saturated rings. The van der Waals surface area contributed by atoms with Crippen LogP contribution in [0.15, 0.2) is 52.5 Å². The van der Waals surface area contributed by atoms with Gasteiger partial charge in [-0.3, -0.25) is 0 Å². The molecule has 1 saturated heterocycles. The summed E-state index contributed by atoms with van der Waals surface area (Å²) in [6.45, 7) is 1.71. The number of sulfonamides is 1. The second kappa shape index (κ2) is 8.54. The Morgan fingerprint density at radius 2 is 1.81 bits per heavy atom. The molecule has 1 heterocycles. The Kier molecular flexibility index (Phi) is 6.14. The Labute approximate surface area is 154 Å². The topological polar surface area (TPSA) is 86.1 Å². The third-order valence-corrected chi connectivity index (χ3v) is 7.01. The molecule has 1 aliphatic heterocycles. The molecule has 26 heavy (non-hydrogen) atoms. The SMILES string of the molecule is [N-]=[N+]=NCCCCC1CCN(S(=O)(=O)c2ccc3ccccc3c2)CC1. The highest BCUT2D eigenvalue weighted by atomic mass is 32.2. The van der Waals surface area contributed by atoms with Crippen molar-refractivity contribution in [2.45, 2.75) is 37.0 Å². The minimum atomic E-state index is -3.43. The fraction of sp³-hybridized carbons (Fsp3) is 0.474. The molecule has 0 bridgehead atoms. The number of piperidine rings is 1. The molecular formula is C19H24N4O2S. The summed E-state index contributed by atoms with van der Waals surface area (Å²) in [6.07, 6.45) is 4.80. The van der Waals surface area contributed by atoms with Gasteiger partial charge in [0.25, 0.3) is 0 Å². The van der Waals surface area contributed by atoms with E-state index in [1.165, 1.54) is 0 Å². The first-order valence-corrected chi connectivity index (χ1v) is 10.5. The largest absolute Gasteiger partial charge is 0.243 e. The molecule has 0 spiro atoms. The predicted molar refractivity (Wildman–Crippen MR) is 103 cm³/mol.